The monoisotopic (exact) mass is 438 g/mol. The van der Waals surface area contributed by atoms with Gasteiger partial charge in [-0.15, -0.1) is 0 Å². The summed E-state index contributed by atoms with van der Waals surface area (Å²) in [6.07, 6.45) is 1.02. The van der Waals surface area contributed by atoms with Gasteiger partial charge in [-0.2, -0.15) is 0 Å². The zero-order valence-electron chi connectivity index (χ0n) is 17.6. The second-order valence-electron chi connectivity index (χ2n) is 6.27. The standard InChI is InChI=1S/C20H26N2O7S/c1-26-15-7-9-17(27-2)16(11-15)22(30(5,24)25)13-20(23)21-12-14-6-8-18(28-3)19(10-14)29-4/h6-11H,12-13H2,1-5H3,(H,21,23). The van der Waals surface area contributed by atoms with Crippen LogP contribution in [0.15, 0.2) is 36.4 Å². The molecule has 2 aromatic rings. The van der Waals surface area contributed by atoms with E-state index in [-0.39, 0.29) is 12.2 Å². The van der Waals surface area contributed by atoms with Crippen molar-refractivity contribution in [3.8, 4) is 23.0 Å². The van der Waals surface area contributed by atoms with Crippen molar-refractivity contribution in [2.45, 2.75) is 6.54 Å². The lowest BCUT2D eigenvalue weighted by Gasteiger charge is -2.24. The summed E-state index contributed by atoms with van der Waals surface area (Å²) in [7, 11) is 2.16. The Bertz CT molecular complexity index is 993. The van der Waals surface area contributed by atoms with Gasteiger partial charge in [0.05, 0.1) is 40.4 Å². The minimum atomic E-state index is -3.77. The molecule has 0 bridgehead atoms. The van der Waals surface area contributed by atoms with E-state index in [2.05, 4.69) is 5.32 Å². The van der Waals surface area contributed by atoms with E-state index in [4.69, 9.17) is 18.9 Å². The van der Waals surface area contributed by atoms with Gasteiger partial charge in [0, 0.05) is 12.6 Å². The largest absolute Gasteiger partial charge is 0.497 e. The van der Waals surface area contributed by atoms with Gasteiger partial charge in [-0.25, -0.2) is 8.42 Å². The maximum atomic E-state index is 12.5. The van der Waals surface area contributed by atoms with Gasteiger partial charge in [0.2, 0.25) is 15.9 Å². The maximum absolute atomic E-state index is 12.5. The molecule has 2 rings (SSSR count). The Morgan fingerprint density at radius 2 is 1.53 bits per heavy atom. The van der Waals surface area contributed by atoms with Crippen LogP contribution in [0.25, 0.3) is 0 Å². The van der Waals surface area contributed by atoms with E-state index in [1.807, 2.05) is 0 Å². The third-order valence-electron chi connectivity index (χ3n) is 4.28. The highest BCUT2D eigenvalue weighted by molar-refractivity contribution is 7.92. The normalized spacial score (nSPS) is 10.8. The molecule has 0 atom stereocenters. The Balaban J connectivity index is 2.20. The molecule has 164 valence electrons. The smallest absolute Gasteiger partial charge is 0.241 e. The minimum Gasteiger partial charge on any atom is -0.497 e. The molecule has 30 heavy (non-hydrogen) atoms. The molecule has 9 nitrogen and oxygen atoms in total. The average Bonchev–Trinajstić information content (AvgIpc) is 2.74. The van der Waals surface area contributed by atoms with E-state index in [0.717, 1.165) is 16.1 Å². The molecule has 0 radical (unpaired) electrons. The van der Waals surface area contributed by atoms with Crippen LogP contribution in [-0.2, 0) is 21.4 Å². The molecule has 0 fully saturated rings. The van der Waals surface area contributed by atoms with Crippen LogP contribution in [0.2, 0.25) is 0 Å². The molecule has 0 saturated heterocycles. The summed E-state index contributed by atoms with van der Waals surface area (Å²) >= 11 is 0. The number of rotatable bonds is 10. The first-order chi connectivity index (χ1) is 14.2. The molecule has 0 aromatic heterocycles. The third kappa shape index (κ3) is 5.69. The number of nitrogens with zero attached hydrogens (tertiary/aromatic N) is 1. The highest BCUT2D eigenvalue weighted by Gasteiger charge is 2.24. The van der Waals surface area contributed by atoms with Crippen molar-refractivity contribution in [2.75, 3.05) is 45.5 Å². The number of benzene rings is 2. The van der Waals surface area contributed by atoms with Crippen molar-refractivity contribution in [2.24, 2.45) is 0 Å². The summed E-state index contributed by atoms with van der Waals surface area (Å²) < 4.78 is 46.6. The molecule has 1 amide bonds. The molecule has 10 heteroatoms. The second kappa shape index (κ2) is 10.1. The molecule has 0 heterocycles. The van der Waals surface area contributed by atoms with E-state index in [1.165, 1.54) is 34.5 Å². The number of methoxy groups -OCH3 is 4. The van der Waals surface area contributed by atoms with Gasteiger partial charge >= 0.3 is 0 Å². The lowest BCUT2D eigenvalue weighted by Crippen LogP contribution is -2.40. The van der Waals surface area contributed by atoms with E-state index in [9.17, 15) is 13.2 Å². The van der Waals surface area contributed by atoms with Gasteiger partial charge in [-0.1, -0.05) is 6.07 Å². The number of carbonyl (C=O) groups excluding carboxylic acids is 1. The van der Waals surface area contributed by atoms with Gasteiger partial charge in [0.15, 0.2) is 11.5 Å². The highest BCUT2D eigenvalue weighted by Crippen LogP contribution is 2.33. The summed E-state index contributed by atoms with van der Waals surface area (Å²) in [6, 6.07) is 9.96. The molecular formula is C20H26N2O7S. The van der Waals surface area contributed by atoms with Crippen LogP contribution in [0.5, 0.6) is 23.0 Å². The zero-order chi connectivity index (χ0) is 22.3. The van der Waals surface area contributed by atoms with Crippen LogP contribution < -0.4 is 28.6 Å². The summed E-state index contributed by atoms with van der Waals surface area (Å²) in [5, 5.41) is 2.71. The number of amides is 1. The number of nitrogens with one attached hydrogen (secondary N) is 1. The molecule has 0 aliphatic carbocycles. The van der Waals surface area contributed by atoms with Crippen LogP contribution in [0, 0.1) is 0 Å². The molecule has 1 N–H and O–H groups in total. The van der Waals surface area contributed by atoms with Gasteiger partial charge in [-0.3, -0.25) is 9.10 Å². The summed E-state index contributed by atoms with van der Waals surface area (Å²) in [5.74, 6) is 1.35. The van der Waals surface area contributed by atoms with Crippen molar-refractivity contribution in [1.82, 2.24) is 5.32 Å². The Labute approximate surface area is 176 Å². The van der Waals surface area contributed by atoms with Crippen molar-refractivity contribution in [1.29, 1.82) is 0 Å². The van der Waals surface area contributed by atoms with E-state index in [1.54, 1.807) is 30.3 Å². The van der Waals surface area contributed by atoms with Crippen LogP contribution >= 0.6 is 0 Å². The topological polar surface area (TPSA) is 103 Å². The van der Waals surface area contributed by atoms with Gasteiger partial charge in [0.25, 0.3) is 0 Å². The highest BCUT2D eigenvalue weighted by atomic mass is 32.2. The third-order valence-corrected chi connectivity index (χ3v) is 5.41. The van der Waals surface area contributed by atoms with Crippen molar-refractivity contribution >= 4 is 21.6 Å². The van der Waals surface area contributed by atoms with Crippen LogP contribution in [0.1, 0.15) is 5.56 Å². The molecule has 0 spiro atoms. The maximum Gasteiger partial charge on any atom is 0.241 e. The second-order valence-corrected chi connectivity index (χ2v) is 8.18. The Kier molecular flexibility index (Phi) is 7.76. The number of sulfonamides is 1. The van der Waals surface area contributed by atoms with E-state index >= 15 is 0 Å². The van der Waals surface area contributed by atoms with Gasteiger partial charge in [0.1, 0.15) is 18.0 Å². The zero-order valence-corrected chi connectivity index (χ0v) is 18.4. The van der Waals surface area contributed by atoms with Crippen LogP contribution in [0.3, 0.4) is 0 Å². The number of carbonyl (C=O) groups is 1. The molecule has 0 unspecified atom stereocenters. The lowest BCUT2D eigenvalue weighted by molar-refractivity contribution is -0.119. The molecule has 0 saturated carbocycles. The fourth-order valence-corrected chi connectivity index (χ4v) is 3.60. The van der Waals surface area contributed by atoms with Crippen LogP contribution in [-0.4, -0.2) is 55.6 Å². The Hall–Kier alpha value is -3.14. The van der Waals surface area contributed by atoms with Crippen molar-refractivity contribution in [3.63, 3.8) is 0 Å². The quantitative estimate of drug-likeness (QED) is 0.603. The SMILES string of the molecule is COc1ccc(OC)c(N(CC(=O)NCc2ccc(OC)c(OC)c2)S(C)(=O)=O)c1. The summed E-state index contributed by atoms with van der Waals surface area (Å²) in [6.45, 7) is -0.234. The minimum absolute atomic E-state index is 0.187. The summed E-state index contributed by atoms with van der Waals surface area (Å²) in [4.78, 5) is 12.5. The van der Waals surface area contributed by atoms with Gasteiger partial charge in [-0.05, 0) is 29.8 Å². The predicted molar refractivity (Wildman–Crippen MR) is 113 cm³/mol. The lowest BCUT2D eigenvalue weighted by atomic mass is 10.2. The first kappa shape index (κ1) is 23.1. The number of ether oxygens (including phenoxy) is 4. The van der Waals surface area contributed by atoms with E-state index < -0.39 is 22.5 Å². The fraction of sp³-hybridized carbons (Fsp3) is 0.350. The average molecular weight is 439 g/mol. The van der Waals surface area contributed by atoms with Crippen molar-refractivity contribution in [3.05, 3.63) is 42.0 Å². The number of hydrogen-bond donors (Lipinski definition) is 1. The first-order valence-corrected chi connectivity index (χ1v) is 10.8. The van der Waals surface area contributed by atoms with Gasteiger partial charge < -0.3 is 24.3 Å². The Morgan fingerprint density at radius 1 is 0.900 bits per heavy atom. The molecule has 0 aliphatic rings. The molecular weight excluding hydrogens is 412 g/mol. The fourth-order valence-electron chi connectivity index (χ4n) is 2.75. The number of anilines is 1. The van der Waals surface area contributed by atoms with Crippen LogP contribution in [0.4, 0.5) is 5.69 Å². The molecule has 0 aliphatic heterocycles. The predicted octanol–water partition coefficient (Wildman–Crippen LogP) is 1.80. The van der Waals surface area contributed by atoms with E-state index in [0.29, 0.717) is 23.0 Å². The summed E-state index contributed by atoms with van der Waals surface area (Å²) in [5.41, 5.74) is 0.978. The Morgan fingerprint density at radius 3 is 2.10 bits per heavy atom. The van der Waals surface area contributed by atoms with Crippen molar-refractivity contribution < 1.29 is 32.2 Å². The molecule has 2 aromatic carbocycles. The number of hydrogen-bond acceptors (Lipinski definition) is 7. The first-order valence-electron chi connectivity index (χ1n) is 8.90.